The average molecular weight is 284 g/mol. The normalized spacial score (nSPS) is 23.4. The highest BCUT2D eigenvalue weighted by Crippen LogP contribution is 2.30. The number of nitrogens with two attached hydrogens (primary N) is 1. The van der Waals surface area contributed by atoms with Crippen molar-refractivity contribution in [3.05, 3.63) is 0 Å². The van der Waals surface area contributed by atoms with Gasteiger partial charge in [-0.05, 0) is 13.5 Å². The van der Waals surface area contributed by atoms with Gasteiger partial charge < -0.3 is 15.6 Å². The minimum atomic E-state index is -4.40. The first-order valence-corrected chi connectivity index (χ1v) is 6.52. The summed E-state index contributed by atoms with van der Waals surface area (Å²) in [6.07, 6.45) is -3.46. The number of halogens is 3. The number of nitrogens with zero attached hydrogens (tertiary/aromatic N) is 1. The van der Waals surface area contributed by atoms with Crippen LogP contribution in [0.25, 0.3) is 0 Å². The van der Waals surface area contributed by atoms with Crippen molar-refractivity contribution in [2.45, 2.75) is 50.0 Å². The fraction of sp³-hybridized carbons (Fsp3) is 1.00. The summed E-state index contributed by atoms with van der Waals surface area (Å²) in [5, 5.41) is 10.3. The Balaban J connectivity index is 2.73. The lowest BCUT2D eigenvalue weighted by Gasteiger charge is -2.40. The Labute approximate surface area is 111 Å². The highest BCUT2D eigenvalue weighted by Gasteiger charge is 2.47. The van der Waals surface area contributed by atoms with Crippen LogP contribution in [-0.4, -0.2) is 60.7 Å². The first-order valence-electron chi connectivity index (χ1n) is 6.52. The third kappa shape index (κ3) is 4.59. The van der Waals surface area contributed by atoms with Gasteiger partial charge in [-0.15, -0.1) is 0 Å². The second-order valence-corrected chi connectivity index (χ2v) is 5.31. The van der Waals surface area contributed by atoms with Crippen molar-refractivity contribution in [2.75, 3.05) is 26.8 Å². The molecule has 1 saturated heterocycles. The van der Waals surface area contributed by atoms with Gasteiger partial charge in [0.2, 0.25) is 0 Å². The lowest BCUT2D eigenvalue weighted by molar-refractivity contribution is -0.195. The van der Waals surface area contributed by atoms with Gasteiger partial charge in [-0.1, -0.05) is 6.92 Å². The van der Waals surface area contributed by atoms with E-state index in [2.05, 4.69) is 0 Å². The van der Waals surface area contributed by atoms with Crippen molar-refractivity contribution in [2.24, 2.45) is 5.73 Å². The molecule has 0 spiro atoms. The SMILES string of the molecule is CCC(N)C(N(C)CC1(O)CCOCC1)C(F)(F)F. The van der Waals surface area contributed by atoms with E-state index >= 15 is 0 Å². The van der Waals surface area contributed by atoms with Crippen molar-refractivity contribution in [3.8, 4) is 0 Å². The standard InChI is InChI=1S/C12H23F3N2O2/c1-3-9(16)10(12(13,14)15)17(2)8-11(18)4-6-19-7-5-11/h9-10,18H,3-8,16H2,1-2H3. The Morgan fingerprint density at radius 2 is 1.89 bits per heavy atom. The number of hydrogen-bond acceptors (Lipinski definition) is 4. The fourth-order valence-corrected chi connectivity index (χ4v) is 2.51. The van der Waals surface area contributed by atoms with Crippen LogP contribution in [0.2, 0.25) is 0 Å². The Bertz CT molecular complexity index is 281. The summed E-state index contributed by atoms with van der Waals surface area (Å²) in [7, 11) is 1.36. The summed E-state index contributed by atoms with van der Waals surface area (Å²) in [4.78, 5) is 1.12. The molecule has 0 radical (unpaired) electrons. The third-order valence-corrected chi connectivity index (χ3v) is 3.65. The molecule has 7 heteroatoms. The van der Waals surface area contributed by atoms with Gasteiger partial charge in [0.25, 0.3) is 0 Å². The summed E-state index contributed by atoms with van der Waals surface area (Å²) >= 11 is 0. The van der Waals surface area contributed by atoms with E-state index in [-0.39, 0.29) is 13.0 Å². The van der Waals surface area contributed by atoms with Crippen LogP contribution in [0.3, 0.4) is 0 Å². The first kappa shape index (κ1) is 16.7. The van der Waals surface area contributed by atoms with Crippen LogP contribution in [-0.2, 0) is 4.74 Å². The minimum Gasteiger partial charge on any atom is -0.388 e. The summed E-state index contributed by atoms with van der Waals surface area (Å²) in [6, 6.07) is -2.72. The Morgan fingerprint density at radius 1 is 1.37 bits per heavy atom. The van der Waals surface area contributed by atoms with E-state index < -0.39 is 23.9 Å². The van der Waals surface area contributed by atoms with Crippen molar-refractivity contribution < 1.29 is 23.0 Å². The van der Waals surface area contributed by atoms with Gasteiger partial charge in [-0.25, -0.2) is 0 Å². The average Bonchev–Trinajstić information content (AvgIpc) is 2.27. The molecule has 0 amide bonds. The maximum absolute atomic E-state index is 13.1. The largest absolute Gasteiger partial charge is 0.405 e. The van der Waals surface area contributed by atoms with Crippen LogP contribution in [0.1, 0.15) is 26.2 Å². The zero-order chi connectivity index (χ0) is 14.7. The summed E-state index contributed by atoms with van der Waals surface area (Å²) < 4.78 is 44.3. The third-order valence-electron chi connectivity index (χ3n) is 3.65. The molecule has 1 heterocycles. The van der Waals surface area contributed by atoms with E-state index in [9.17, 15) is 18.3 Å². The molecule has 2 atom stereocenters. The van der Waals surface area contributed by atoms with Crippen molar-refractivity contribution in [3.63, 3.8) is 0 Å². The monoisotopic (exact) mass is 284 g/mol. The number of aliphatic hydroxyl groups is 1. The summed E-state index contributed by atoms with van der Waals surface area (Å²) in [5.74, 6) is 0. The van der Waals surface area contributed by atoms with E-state index in [1.54, 1.807) is 6.92 Å². The molecule has 1 aliphatic rings. The van der Waals surface area contributed by atoms with Crippen LogP contribution in [0.5, 0.6) is 0 Å². The van der Waals surface area contributed by atoms with Crippen LogP contribution in [0, 0.1) is 0 Å². The molecule has 19 heavy (non-hydrogen) atoms. The number of likely N-dealkylation sites (N-methyl/N-ethyl adjacent to an activating group) is 1. The van der Waals surface area contributed by atoms with Gasteiger partial charge in [-0.2, -0.15) is 13.2 Å². The van der Waals surface area contributed by atoms with Gasteiger partial charge in [0.05, 0.1) is 5.60 Å². The van der Waals surface area contributed by atoms with Crippen LogP contribution in [0.4, 0.5) is 13.2 Å². The predicted molar refractivity (Wildman–Crippen MR) is 65.7 cm³/mol. The van der Waals surface area contributed by atoms with E-state index in [0.717, 1.165) is 4.90 Å². The molecule has 0 aliphatic carbocycles. The molecule has 114 valence electrons. The van der Waals surface area contributed by atoms with E-state index in [4.69, 9.17) is 10.5 Å². The molecule has 0 aromatic heterocycles. The first-order chi connectivity index (χ1) is 8.69. The van der Waals surface area contributed by atoms with E-state index in [1.807, 2.05) is 0 Å². The lowest BCUT2D eigenvalue weighted by atomic mass is 9.92. The van der Waals surface area contributed by atoms with Gasteiger partial charge in [-0.3, -0.25) is 4.90 Å². The second kappa shape index (κ2) is 6.39. The molecule has 4 nitrogen and oxygen atoms in total. The quantitative estimate of drug-likeness (QED) is 0.794. The second-order valence-electron chi connectivity index (χ2n) is 5.31. The summed E-state index contributed by atoms with van der Waals surface area (Å²) in [5.41, 5.74) is 4.46. The van der Waals surface area contributed by atoms with Gasteiger partial charge >= 0.3 is 6.18 Å². The minimum absolute atomic E-state index is 0.0474. The number of rotatable bonds is 5. The van der Waals surface area contributed by atoms with Crippen molar-refractivity contribution >= 4 is 0 Å². The molecule has 0 aromatic rings. The lowest BCUT2D eigenvalue weighted by Crippen LogP contribution is -2.58. The van der Waals surface area contributed by atoms with Crippen molar-refractivity contribution in [1.29, 1.82) is 0 Å². The smallest absolute Gasteiger partial charge is 0.388 e. The number of hydrogen-bond donors (Lipinski definition) is 2. The molecular weight excluding hydrogens is 261 g/mol. The van der Waals surface area contributed by atoms with E-state index in [1.165, 1.54) is 7.05 Å². The molecule has 2 unspecified atom stereocenters. The topological polar surface area (TPSA) is 58.7 Å². The van der Waals surface area contributed by atoms with Crippen molar-refractivity contribution in [1.82, 2.24) is 4.90 Å². The highest BCUT2D eigenvalue weighted by molar-refractivity contribution is 4.91. The molecular formula is C12H23F3N2O2. The molecule has 1 fully saturated rings. The zero-order valence-corrected chi connectivity index (χ0v) is 11.4. The highest BCUT2D eigenvalue weighted by atomic mass is 19.4. The number of alkyl halides is 3. The molecule has 1 rings (SSSR count). The van der Waals surface area contributed by atoms with Crippen LogP contribution >= 0.6 is 0 Å². The Hall–Kier alpha value is -0.370. The molecule has 0 bridgehead atoms. The summed E-state index contributed by atoms with van der Waals surface area (Å²) in [6.45, 7) is 2.33. The van der Waals surface area contributed by atoms with Crippen LogP contribution in [0.15, 0.2) is 0 Å². The van der Waals surface area contributed by atoms with Gasteiger partial charge in [0, 0.05) is 38.6 Å². The maximum atomic E-state index is 13.1. The predicted octanol–water partition coefficient (Wildman–Crippen LogP) is 1.13. The molecule has 0 saturated carbocycles. The van der Waals surface area contributed by atoms with Gasteiger partial charge in [0.1, 0.15) is 6.04 Å². The maximum Gasteiger partial charge on any atom is 0.405 e. The van der Waals surface area contributed by atoms with Gasteiger partial charge in [0.15, 0.2) is 0 Å². The molecule has 1 aliphatic heterocycles. The molecule has 0 aromatic carbocycles. The van der Waals surface area contributed by atoms with E-state index in [0.29, 0.717) is 26.1 Å². The van der Waals surface area contributed by atoms with Crippen LogP contribution < -0.4 is 5.73 Å². The Kier molecular flexibility index (Phi) is 5.61. The number of ether oxygens (including phenoxy) is 1. The Morgan fingerprint density at radius 3 is 2.32 bits per heavy atom. The zero-order valence-electron chi connectivity index (χ0n) is 11.4. The molecule has 3 N–H and O–H groups in total. The fourth-order valence-electron chi connectivity index (χ4n) is 2.51.